The van der Waals surface area contributed by atoms with Crippen LogP contribution in [0.15, 0.2) is 70.4 Å². The summed E-state index contributed by atoms with van der Waals surface area (Å²) in [5.41, 5.74) is 10.3. The zero-order valence-electron chi connectivity index (χ0n) is 25.0. The van der Waals surface area contributed by atoms with Gasteiger partial charge < -0.3 is 20.1 Å². The Morgan fingerprint density at radius 2 is 1.90 bits per heavy atom. The Labute approximate surface area is 269 Å². The Morgan fingerprint density at radius 1 is 1.08 bits per heavy atom. The fraction of sp³-hybridized carbons (Fsp3) is 0.172. The number of fused-ring (bicyclic) bond motifs is 1. The molecule has 0 spiro atoms. The number of ether oxygens (including phenoxy) is 2. The second-order valence-electron chi connectivity index (χ2n) is 10.2. The summed E-state index contributed by atoms with van der Waals surface area (Å²) in [5, 5.41) is 42.3. The van der Waals surface area contributed by atoms with Crippen molar-refractivity contribution in [3.63, 3.8) is 0 Å². The average molecular weight is 656 g/mol. The maximum absolute atomic E-state index is 13.3. The van der Waals surface area contributed by atoms with Gasteiger partial charge in [-0.3, -0.25) is 25.0 Å². The molecular formula is C29H25N11O8. The number of hydrogen-bond acceptors (Lipinski definition) is 15. The quantitative estimate of drug-likeness (QED) is 0.111. The van der Waals surface area contributed by atoms with Gasteiger partial charge in [-0.1, -0.05) is 23.4 Å². The number of rotatable bonds is 12. The maximum atomic E-state index is 13.3. The summed E-state index contributed by atoms with van der Waals surface area (Å²) < 4.78 is 17.4. The van der Waals surface area contributed by atoms with Gasteiger partial charge in [-0.15, -0.1) is 5.10 Å². The molecule has 0 radical (unpaired) electrons. The van der Waals surface area contributed by atoms with Crippen molar-refractivity contribution in [3.8, 4) is 23.1 Å². The molecular weight excluding hydrogens is 630 g/mol. The molecule has 0 saturated carbocycles. The van der Waals surface area contributed by atoms with Crippen molar-refractivity contribution < 1.29 is 28.7 Å². The van der Waals surface area contributed by atoms with E-state index in [4.69, 9.17) is 19.8 Å². The number of nitrogens with one attached hydrogen (secondary N) is 1. The molecule has 0 aliphatic carbocycles. The Kier molecular flexibility index (Phi) is 8.55. The Morgan fingerprint density at radius 3 is 2.65 bits per heavy atom. The fourth-order valence-electron chi connectivity index (χ4n) is 5.02. The first-order chi connectivity index (χ1) is 23.2. The minimum atomic E-state index is -0.780. The standard InChI is InChI=1S/C29H25N11O8/c1-2-46-25-13-17(7-9-24(25)47-23-10-8-19(39(42)43)14-21(23)40(44)45)15-31-33-29(41)26-22(38(36-32-26)28-27(30)34-48-35-28)16-37-12-11-18-5-3-4-6-20(18)37/h3-10,13-15H,2,11-12,16H2,1H3,(H2,30,34)(H,33,41)/b31-15+. The first-order valence-electron chi connectivity index (χ1n) is 14.3. The molecule has 0 saturated heterocycles. The van der Waals surface area contributed by atoms with Crippen molar-refractivity contribution in [2.24, 2.45) is 5.10 Å². The van der Waals surface area contributed by atoms with Crippen molar-refractivity contribution in [3.05, 3.63) is 103 Å². The van der Waals surface area contributed by atoms with Crippen LogP contribution in [0.25, 0.3) is 5.82 Å². The number of carbonyl (C=O) groups is 1. The lowest BCUT2D eigenvalue weighted by Crippen LogP contribution is -2.26. The van der Waals surface area contributed by atoms with Crippen LogP contribution >= 0.6 is 0 Å². The van der Waals surface area contributed by atoms with Crippen LogP contribution in [-0.2, 0) is 13.0 Å². The molecule has 0 atom stereocenters. The summed E-state index contributed by atoms with van der Waals surface area (Å²) in [6, 6.07) is 15.6. The number of nitrogen functional groups attached to an aromatic ring is 1. The van der Waals surface area contributed by atoms with Gasteiger partial charge in [0.2, 0.25) is 17.4 Å². The molecule has 6 rings (SSSR count). The van der Waals surface area contributed by atoms with Crippen molar-refractivity contribution in [2.75, 3.05) is 23.8 Å². The predicted octanol–water partition coefficient (Wildman–Crippen LogP) is 3.57. The largest absolute Gasteiger partial charge is 0.490 e. The average Bonchev–Trinajstić information content (AvgIpc) is 3.81. The molecule has 1 aliphatic rings. The van der Waals surface area contributed by atoms with Crippen molar-refractivity contribution in [1.29, 1.82) is 0 Å². The topological polar surface area (TPSA) is 245 Å². The third-order valence-electron chi connectivity index (χ3n) is 7.22. The Balaban J connectivity index is 1.22. The lowest BCUT2D eigenvalue weighted by molar-refractivity contribution is -0.394. The van der Waals surface area contributed by atoms with Crippen LogP contribution < -0.4 is 25.5 Å². The van der Waals surface area contributed by atoms with E-state index in [1.807, 2.05) is 24.3 Å². The van der Waals surface area contributed by atoms with Crippen LogP contribution in [0.1, 0.15) is 34.2 Å². The van der Waals surface area contributed by atoms with E-state index in [2.05, 4.69) is 36.1 Å². The highest BCUT2D eigenvalue weighted by atomic mass is 16.6. The molecule has 3 aromatic carbocycles. The number of anilines is 2. The second kappa shape index (κ2) is 13.2. The van der Waals surface area contributed by atoms with Crippen LogP contribution in [-0.4, -0.2) is 60.4 Å². The fourth-order valence-corrected chi connectivity index (χ4v) is 5.02. The number of amides is 1. The van der Waals surface area contributed by atoms with Gasteiger partial charge >= 0.3 is 5.69 Å². The smallest absolute Gasteiger partial charge is 0.318 e. The minimum Gasteiger partial charge on any atom is -0.490 e. The molecule has 0 fully saturated rings. The lowest BCUT2D eigenvalue weighted by Gasteiger charge is -2.19. The van der Waals surface area contributed by atoms with Gasteiger partial charge in [0.1, 0.15) is 0 Å². The normalized spacial score (nSPS) is 12.2. The highest BCUT2D eigenvalue weighted by Gasteiger charge is 2.28. The van der Waals surface area contributed by atoms with Gasteiger partial charge in [0.15, 0.2) is 17.2 Å². The van der Waals surface area contributed by atoms with Crippen molar-refractivity contribution in [2.45, 2.75) is 19.9 Å². The zero-order valence-corrected chi connectivity index (χ0v) is 25.0. The van der Waals surface area contributed by atoms with E-state index in [1.165, 1.54) is 22.5 Å². The number of aromatic nitrogens is 5. The molecule has 244 valence electrons. The van der Waals surface area contributed by atoms with Crippen LogP contribution in [0.3, 0.4) is 0 Å². The highest BCUT2D eigenvalue weighted by Crippen LogP contribution is 2.38. The number of nitro benzene ring substituents is 2. The van der Waals surface area contributed by atoms with Gasteiger partial charge in [0.25, 0.3) is 11.6 Å². The number of benzene rings is 3. The third-order valence-corrected chi connectivity index (χ3v) is 7.22. The highest BCUT2D eigenvalue weighted by molar-refractivity contribution is 5.94. The van der Waals surface area contributed by atoms with Gasteiger partial charge in [0.05, 0.1) is 41.0 Å². The third kappa shape index (κ3) is 6.27. The lowest BCUT2D eigenvalue weighted by atomic mass is 10.2. The number of hydrazone groups is 1. The summed E-state index contributed by atoms with van der Waals surface area (Å²) in [6.07, 6.45) is 2.18. The van der Waals surface area contributed by atoms with E-state index >= 15 is 0 Å². The summed E-state index contributed by atoms with van der Waals surface area (Å²) >= 11 is 0. The van der Waals surface area contributed by atoms with Crippen LogP contribution in [0.2, 0.25) is 0 Å². The first kappa shape index (κ1) is 31.1. The van der Waals surface area contributed by atoms with Crippen LogP contribution in [0.5, 0.6) is 17.2 Å². The summed E-state index contributed by atoms with van der Waals surface area (Å²) in [6.45, 7) is 2.90. The van der Waals surface area contributed by atoms with E-state index < -0.39 is 27.1 Å². The van der Waals surface area contributed by atoms with Crippen LogP contribution in [0, 0.1) is 20.2 Å². The number of carbonyl (C=O) groups excluding carboxylic acids is 1. The summed E-state index contributed by atoms with van der Waals surface area (Å²) in [7, 11) is 0. The molecule has 0 unspecified atom stereocenters. The SMILES string of the molecule is CCOc1cc(/C=N/NC(=O)c2nnn(-c3nonc3N)c2CN2CCc3ccccc32)ccc1Oc1ccc([N+](=O)[O-])cc1[N+](=O)[O-]. The van der Waals surface area contributed by atoms with E-state index in [1.54, 1.807) is 19.1 Å². The number of nitro groups is 2. The maximum Gasteiger partial charge on any atom is 0.318 e. The van der Waals surface area contributed by atoms with E-state index in [-0.39, 0.29) is 47.7 Å². The minimum absolute atomic E-state index is 0.0256. The van der Waals surface area contributed by atoms with Gasteiger partial charge in [-0.2, -0.15) is 9.78 Å². The first-order valence-corrected chi connectivity index (χ1v) is 14.3. The second-order valence-corrected chi connectivity index (χ2v) is 10.2. The van der Waals surface area contributed by atoms with Gasteiger partial charge in [-0.05, 0) is 65.1 Å². The molecule has 3 N–H and O–H groups in total. The summed E-state index contributed by atoms with van der Waals surface area (Å²) in [4.78, 5) is 36.5. The molecule has 3 heterocycles. The molecule has 1 amide bonds. The number of non-ortho nitro benzene ring substituents is 1. The molecule has 0 bridgehead atoms. The molecule has 48 heavy (non-hydrogen) atoms. The molecule has 1 aliphatic heterocycles. The Hall–Kier alpha value is -6.92. The number of nitrogens with two attached hydrogens (primary N) is 1. The summed E-state index contributed by atoms with van der Waals surface area (Å²) in [5.74, 6) is -0.516. The van der Waals surface area contributed by atoms with Crippen molar-refractivity contribution in [1.82, 2.24) is 30.7 Å². The predicted molar refractivity (Wildman–Crippen MR) is 167 cm³/mol. The molecule has 2 aromatic heterocycles. The number of nitrogens with zero attached hydrogens (tertiary/aromatic N) is 9. The molecule has 5 aromatic rings. The van der Waals surface area contributed by atoms with E-state index in [0.717, 1.165) is 30.3 Å². The number of hydrogen-bond donors (Lipinski definition) is 2. The molecule has 19 nitrogen and oxygen atoms in total. The number of para-hydroxylation sites is 1. The van der Waals surface area contributed by atoms with E-state index in [9.17, 15) is 25.0 Å². The Bertz CT molecular complexity index is 2060. The van der Waals surface area contributed by atoms with Gasteiger partial charge in [0, 0.05) is 18.3 Å². The van der Waals surface area contributed by atoms with Crippen molar-refractivity contribution >= 4 is 35.0 Å². The zero-order chi connectivity index (χ0) is 33.8. The van der Waals surface area contributed by atoms with Crippen LogP contribution in [0.4, 0.5) is 22.9 Å². The monoisotopic (exact) mass is 655 g/mol. The van der Waals surface area contributed by atoms with Gasteiger partial charge in [-0.25, -0.2) is 10.1 Å². The molecule has 19 heteroatoms. The van der Waals surface area contributed by atoms with E-state index in [0.29, 0.717) is 17.8 Å².